The normalized spacial score (nSPS) is 12.0. The summed E-state index contributed by atoms with van der Waals surface area (Å²) in [7, 11) is 0. The number of hydrogen-bond acceptors (Lipinski definition) is 6. The second-order valence-corrected chi connectivity index (χ2v) is 11.7. The number of pyridine rings is 1. The average Bonchev–Trinajstić information content (AvgIpc) is 2.92. The van der Waals surface area contributed by atoms with Crippen LogP contribution in [0.25, 0.3) is 0 Å². The van der Waals surface area contributed by atoms with Crippen LogP contribution in [0.4, 0.5) is 18.0 Å². The van der Waals surface area contributed by atoms with E-state index in [1.807, 2.05) is 58.0 Å². The molecule has 1 aromatic heterocycles. The van der Waals surface area contributed by atoms with E-state index in [0.717, 1.165) is 34.6 Å². The molecule has 3 rings (SSSR count). The highest BCUT2D eigenvalue weighted by atomic mass is 19.4. The SMILES string of the molecule is Cc1cccc(CN(CCN(CCCO)C(=O)OC(C)(C)C)Cc2cccc(CNCc3cccc(C(F)(F)F)c3)n2)c1. The fourth-order valence-corrected chi connectivity index (χ4v) is 4.56. The molecule has 1 heterocycles. The Morgan fingerprint density at radius 1 is 0.884 bits per heavy atom. The second-order valence-electron chi connectivity index (χ2n) is 11.7. The maximum atomic E-state index is 13.0. The minimum absolute atomic E-state index is 0.0230. The van der Waals surface area contributed by atoms with Crippen molar-refractivity contribution in [2.45, 2.75) is 72.1 Å². The van der Waals surface area contributed by atoms with Gasteiger partial charge in [-0.05, 0) is 63.4 Å². The molecule has 0 saturated carbocycles. The first kappa shape index (κ1) is 34.0. The summed E-state index contributed by atoms with van der Waals surface area (Å²) in [5.74, 6) is 0. The van der Waals surface area contributed by atoms with E-state index in [4.69, 9.17) is 9.72 Å². The van der Waals surface area contributed by atoms with Crippen molar-refractivity contribution in [1.82, 2.24) is 20.1 Å². The summed E-state index contributed by atoms with van der Waals surface area (Å²) in [5, 5.41) is 12.6. The van der Waals surface area contributed by atoms with Gasteiger partial charge >= 0.3 is 12.3 Å². The first-order valence-electron chi connectivity index (χ1n) is 14.5. The molecule has 10 heteroatoms. The number of aromatic nitrogens is 1. The minimum atomic E-state index is -4.38. The Labute approximate surface area is 252 Å². The first-order chi connectivity index (χ1) is 20.3. The number of benzene rings is 2. The van der Waals surface area contributed by atoms with E-state index in [9.17, 15) is 23.1 Å². The molecule has 3 aromatic rings. The molecule has 0 fully saturated rings. The Balaban J connectivity index is 1.69. The summed E-state index contributed by atoms with van der Waals surface area (Å²) in [6.07, 6.45) is -4.34. The van der Waals surface area contributed by atoms with Crippen molar-refractivity contribution in [3.8, 4) is 0 Å². The zero-order valence-electron chi connectivity index (χ0n) is 25.5. The van der Waals surface area contributed by atoms with Crippen molar-refractivity contribution in [3.05, 3.63) is 100 Å². The number of alkyl halides is 3. The number of nitrogens with zero attached hydrogens (tertiary/aromatic N) is 3. The largest absolute Gasteiger partial charge is 0.444 e. The Hall–Kier alpha value is -3.47. The van der Waals surface area contributed by atoms with Gasteiger partial charge in [-0.25, -0.2) is 4.79 Å². The second kappa shape index (κ2) is 15.8. The first-order valence-corrected chi connectivity index (χ1v) is 14.5. The maximum Gasteiger partial charge on any atom is 0.416 e. The van der Waals surface area contributed by atoms with E-state index in [-0.39, 0.29) is 13.2 Å². The maximum absolute atomic E-state index is 13.0. The zero-order valence-corrected chi connectivity index (χ0v) is 25.5. The fraction of sp³-hybridized carbons (Fsp3) is 0.455. The molecule has 0 saturated heterocycles. The third-order valence-electron chi connectivity index (χ3n) is 6.55. The van der Waals surface area contributed by atoms with Crippen molar-refractivity contribution in [2.24, 2.45) is 0 Å². The van der Waals surface area contributed by atoms with Crippen LogP contribution in [0.15, 0.2) is 66.7 Å². The topological polar surface area (TPSA) is 77.9 Å². The van der Waals surface area contributed by atoms with Crippen molar-refractivity contribution in [1.29, 1.82) is 0 Å². The zero-order chi connectivity index (χ0) is 31.5. The van der Waals surface area contributed by atoms with Gasteiger partial charge in [0.05, 0.1) is 17.0 Å². The molecule has 0 aliphatic carbocycles. The number of aliphatic hydroxyl groups is 1. The average molecular weight is 601 g/mol. The summed E-state index contributed by atoms with van der Waals surface area (Å²) < 4.78 is 44.8. The van der Waals surface area contributed by atoms with Gasteiger partial charge in [0.1, 0.15) is 5.60 Å². The molecule has 0 bridgehead atoms. The van der Waals surface area contributed by atoms with Crippen molar-refractivity contribution < 1.29 is 27.8 Å². The molecule has 1 amide bonds. The number of halogens is 3. The monoisotopic (exact) mass is 600 g/mol. The summed E-state index contributed by atoms with van der Waals surface area (Å²) in [6, 6.07) is 19.3. The van der Waals surface area contributed by atoms with Gasteiger partial charge in [0.25, 0.3) is 0 Å². The fourth-order valence-electron chi connectivity index (χ4n) is 4.56. The van der Waals surface area contributed by atoms with Crippen LogP contribution in [0.2, 0.25) is 0 Å². The predicted octanol–water partition coefficient (Wildman–Crippen LogP) is 6.32. The molecular formula is C33H43F3N4O3. The van der Waals surface area contributed by atoms with Gasteiger partial charge in [-0.1, -0.05) is 54.1 Å². The number of amides is 1. The van der Waals surface area contributed by atoms with Crippen molar-refractivity contribution >= 4 is 6.09 Å². The van der Waals surface area contributed by atoms with Crippen molar-refractivity contribution in [2.75, 3.05) is 26.2 Å². The minimum Gasteiger partial charge on any atom is -0.444 e. The number of aryl methyl sites for hydroxylation is 1. The van der Waals surface area contributed by atoms with Gasteiger partial charge < -0.3 is 20.1 Å². The lowest BCUT2D eigenvalue weighted by Crippen LogP contribution is -2.42. The summed E-state index contributed by atoms with van der Waals surface area (Å²) in [5.41, 5.74) is 3.16. The molecule has 0 aliphatic rings. The van der Waals surface area contributed by atoms with Crippen LogP contribution in [-0.4, -0.2) is 57.8 Å². The van der Waals surface area contributed by atoms with Crippen LogP contribution in [0.3, 0.4) is 0 Å². The van der Waals surface area contributed by atoms with E-state index < -0.39 is 23.4 Å². The molecule has 0 atom stereocenters. The van der Waals surface area contributed by atoms with Crippen LogP contribution in [-0.2, 0) is 37.1 Å². The Kier molecular flexibility index (Phi) is 12.5. The van der Waals surface area contributed by atoms with Gasteiger partial charge in [-0.2, -0.15) is 13.2 Å². The smallest absolute Gasteiger partial charge is 0.416 e. The highest BCUT2D eigenvalue weighted by molar-refractivity contribution is 5.68. The Morgan fingerprint density at radius 3 is 2.28 bits per heavy atom. The van der Waals surface area contributed by atoms with Crippen molar-refractivity contribution in [3.63, 3.8) is 0 Å². The summed E-state index contributed by atoms with van der Waals surface area (Å²) >= 11 is 0. The molecule has 234 valence electrons. The summed E-state index contributed by atoms with van der Waals surface area (Å²) in [4.78, 5) is 21.5. The van der Waals surface area contributed by atoms with Crippen LogP contribution >= 0.6 is 0 Å². The third-order valence-corrected chi connectivity index (χ3v) is 6.55. The number of aliphatic hydroxyl groups excluding tert-OH is 1. The standard InChI is InChI=1S/C33H43F3N4O3/c1-25-9-5-11-27(19-25)23-39(16-17-40(15-8-18-41)31(42)43-32(2,3)4)24-30-14-7-13-29(38-30)22-37-21-26-10-6-12-28(20-26)33(34,35)36/h5-7,9-14,19-20,37,41H,8,15-18,21-24H2,1-4H3. The van der Waals surface area contributed by atoms with E-state index >= 15 is 0 Å². The number of carbonyl (C=O) groups excluding carboxylic acids is 1. The number of rotatable bonds is 14. The van der Waals surface area contributed by atoms with E-state index in [1.54, 1.807) is 11.0 Å². The molecule has 0 radical (unpaired) electrons. The number of nitrogens with one attached hydrogen (secondary N) is 1. The molecule has 2 aromatic carbocycles. The highest BCUT2D eigenvalue weighted by Crippen LogP contribution is 2.29. The van der Waals surface area contributed by atoms with Crippen LogP contribution in [0, 0.1) is 6.92 Å². The van der Waals surface area contributed by atoms with Gasteiger partial charge in [0.2, 0.25) is 0 Å². The van der Waals surface area contributed by atoms with Gasteiger partial charge in [0, 0.05) is 52.4 Å². The third kappa shape index (κ3) is 12.3. The number of hydrogen-bond donors (Lipinski definition) is 2. The molecule has 0 aliphatic heterocycles. The Morgan fingerprint density at radius 2 is 1.58 bits per heavy atom. The molecular weight excluding hydrogens is 557 g/mol. The lowest BCUT2D eigenvalue weighted by Gasteiger charge is -2.30. The quantitative estimate of drug-likeness (QED) is 0.226. The lowest BCUT2D eigenvalue weighted by atomic mass is 10.1. The molecule has 0 spiro atoms. The molecule has 0 unspecified atom stereocenters. The van der Waals surface area contributed by atoms with E-state index in [0.29, 0.717) is 51.3 Å². The van der Waals surface area contributed by atoms with Crippen LogP contribution in [0.5, 0.6) is 0 Å². The van der Waals surface area contributed by atoms with Gasteiger partial charge in [-0.3, -0.25) is 9.88 Å². The van der Waals surface area contributed by atoms with Gasteiger partial charge in [-0.15, -0.1) is 0 Å². The highest BCUT2D eigenvalue weighted by Gasteiger charge is 2.30. The number of carbonyl (C=O) groups is 1. The lowest BCUT2D eigenvalue weighted by molar-refractivity contribution is -0.137. The molecule has 43 heavy (non-hydrogen) atoms. The molecule has 7 nitrogen and oxygen atoms in total. The number of ether oxygens (including phenoxy) is 1. The summed E-state index contributed by atoms with van der Waals surface area (Å²) in [6.45, 7) is 10.7. The van der Waals surface area contributed by atoms with Crippen LogP contribution in [0.1, 0.15) is 60.8 Å². The van der Waals surface area contributed by atoms with Gasteiger partial charge in [0.15, 0.2) is 0 Å². The molecule has 2 N–H and O–H groups in total. The predicted molar refractivity (Wildman–Crippen MR) is 161 cm³/mol. The van der Waals surface area contributed by atoms with Crippen LogP contribution < -0.4 is 5.32 Å². The van der Waals surface area contributed by atoms with E-state index in [1.165, 1.54) is 6.07 Å². The Bertz CT molecular complexity index is 1310. The van der Waals surface area contributed by atoms with E-state index in [2.05, 4.69) is 22.3 Å².